The van der Waals surface area contributed by atoms with E-state index < -0.39 is 0 Å². The molecule has 0 radical (unpaired) electrons. The molecule has 0 aromatic rings. The standard InChI is InChI=1S/C13H28N2O/c1-13(2,10-14-3)11-15-7-5-12(6-8-15)9-16-4/h12,14H,5-11H2,1-4H3. The van der Waals surface area contributed by atoms with Crippen LogP contribution in [-0.4, -0.2) is 51.8 Å². The Labute approximate surface area is 101 Å². The topological polar surface area (TPSA) is 24.5 Å². The van der Waals surface area contributed by atoms with Crippen LogP contribution in [0.1, 0.15) is 26.7 Å². The highest BCUT2D eigenvalue weighted by Gasteiger charge is 2.25. The molecular formula is C13H28N2O. The number of hydrogen-bond acceptors (Lipinski definition) is 3. The number of nitrogens with zero attached hydrogens (tertiary/aromatic N) is 1. The second kappa shape index (κ2) is 6.58. The van der Waals surface area contributed by atoms with E-state index in [-0.39, 0.29) is 0 Å². The number of nitrogens with one attached hydrogen (secondary N) is 1. The van der Waals surface area contributed by atoms with Crippen molar-refractivity contribution in [1.29, 1.82) is 0 Å². The Bertz CT molecular complexity index is 186. The summed E-state index contributed by atoms with van der Waals surface area (Å²) in [6.45, 7) is 10.4. The van der Waals surface area contributed by atoms with Crippen LogP contribution in [0.5, 0.6) is 0 Å². The molecule has 16 heavy (non-hydrogen) atoms. The molecule has 0 bridgehead atoms. The lowest BCUT2D eigenvalue weighted by Crippen LogP contribution is -2.43. The van der Waals surface area contributed by atoms with Crippen molar-refractivity contribution in [3.05, 3.63) is 0 Å². The predicted molar refractivity (Wildman–Crippen MR) is 68.7 cm³/mol. The van der Waals surface area contributed by atoms with Gasteiger partial charge in [-0.15, -0.1) is 0 Å². The molecule has 0 aromatic carbocycles. The molecule has 1 N–H and O–H groups in total. The zero-order chi connectivity index (χ0) is 12.0. The first-order valence-electron chi connectivity index (χ1n) is 6.43. The third-order valence-corrected chi connectivity index (χ3v) is 3.42. The molecule has 1 fully saturated rings. The van der Waals surface area contributed by atoms with Crippen LogP contribution in [0.15, 0.2) is 0 Å². The molecule has 0 atom stereocenters. The number of methoxy groups -OCH3 is 1. The van der Waals surface area contributed by atoms with Crippen molar-refractivity contribution in [2.45, 2.75) is 26.7 Å². The van der Waals surface area contributed by atoms with Gasteiger partial charge in [0.2, 0.25) is 0 Å². The molecule has 0 saturated carbocycles. The molecule has 0 spiro atoms. The van der Waals surface area contributed by atoms with Crippen LogP contribution < -0.4 is 5.32 Å². The summed E-state index contributed by atoms with van der Waals surface area (Å²) >= 11 is 0. The fourth-order valence-electron chi connectivity index (χ4n) is 2.69. The molecule has 1 saturated heterocycles. The second-order valence-corrected chi connectivity index (χ2v) is 5.87. The predicted octanol–water partition coefficient (Wildman–Crippen LogP) is 1.59. The van der Waals surface area contributed by atoms with Crippen LogP contribution in [-0.2, 0) is 4.74 Å². The van der Waals surface area contributed by atoms with E-state index in [2.05, 4.69) is 24.1 Å². The maximum atomic E-state index is 5.23. The van der Waals surface area contributed by atoms with Gasteiger partial charge in [0, 0.05) is 26.8 Å². The van der Waals surface area contributed by atoms with Gasteiger partial charge in [-0.05, 0) is 44.3 Å². The van der Waals surface area contributed by atoms with Crippen molar-refractivity contribution in [2.75, 3.05) is 46.9 Å². The monoisotopic (exact) mass is 228 g/mol. The van der Waals surface area contributed by atoms with Gasteiger partial charge in [-0.25, -0.2) is 0 Å². The van der Waals surface area contributed by atoms with Crippen LogP contribution in [0.25, 0.3) is 0 Å². The summed E-state index contributed by atoms with van der Waals surface area (Å²) in [5, 5.41) is 3.28. The van der Waals surface area contributed by atoms with Crippen LogP contribution >= 0.6 is 0 Å². The molecular weight excluding hydrogens is 200 g/mol. The van der Waals surface area contributed by atoms with Crippen LogP contribution in [0.4, 0.5) is 0 Å². The van der Waals surface area contributed by atoms with Gasteiger partial charge in [-0.3, -0.25) is 0 Å². The molecule has 1 rings (SSSR count). The van der Waals surface area contributed by atoms with E-state index in [0.29, 0.717) is 5.41 Å². The highest BCUT2D eigenvalue weighted by Crippen LogP contribution is 2.22. The zero-order valence-corrected chi connectivity index (χ0v) is 11.4. The number of piperidine rings is 1. The smallest absolute Gasteiger partial charge is 0.0491 e. The zero-order valence-electron chi connectivity index (χ0n) is 11.4. The molecule has 3 nitrogen and oxygen atoms in total. The van der Waals surface area contributed by atoms with Crippen molar-refractivity contribution in [3.8, 4) is 0 Å². The van der Waals surface area contributed by atoms with Crippen molar-refractivity contribution in [2.24, 2.45) is 11.3 Å². The number of ether oxygens (including phenoxy) is 1. The Morgan fingerprint density at radius 1 is 1.31 bits per heavy atom. The highest BCUT2D eigenvalue weighted by molar-refractivity contribution is 4.79. The lowest BCUT2D eigenvalue weighted by Gasteiger charge is -2.37. The summed E-state index contributed by atoms with van der Waals surface area (Å²) in [5.41, 5.74) is 0.378. The van der Waals surface area contributed by atoms with E-state index in [1.54, 1.807) is 0 Å². The lowest BCUT2D eigenvalue weighted by molar-refractivity contribution is 0.0813. The van der Waals surface area contributed by atoms with Crippen LogP contribution in [0.2, 0.25) is 0 Å². The first-order valence-corrected chi connectivity index (χ1v) is 6.43. The summed E-state index contributed by atoms with van der Waals surface area (Å²) < 4.78 is 5.23. The first kappa shape index (κ1) is 13.9. The molecule has 96 valence electrons. The summed E-state index contributed by atoms with van der Waals surface area (Å²) in [4.78, 5) is 2.60. The minimum absolute atomic E-state index is 0.378. The summed E-state index contributed by atoms with van der Waals surface area (Å²) in [5.74, 6) is 0.786. The minimum Gasteiger partial charge on any atom is -0.384 e. The van der Waals surface area contributed by atoms with Gasteiger partial charge in [0.15, 0.2) is 0 Å². The second-order valence-electron chi connectivity index (χ2n) is 5.87. The van der Waals surface area contributed by atoms with Crippen molar-refractivity contribution in [1.82, 2.24) is 10.2 Å². The minimum atomic E-state index is 0.378. The maximum Gasteiger partial charge on any atom is 0.0491 e. The van der Waals surface area contributed by atoms with Crippen molar-refractivity contribution in [3.63, 3.8) is 0 Å². The summed E-state index contributed by atoms with van der Waals surface area (Å²) in [6, 6.07) is 0. The number of likely N-dealkylation sites (tertiary alicyclic amines) is 1. The van der Waals surface area contributed by atoms with E-state index in [9.17, 15) is 0 Å². The quantitative estimate of drug-likeness (QED) is 0.747. The average Bonchev–Trinajstić information content (AvgIpc) is 2.21. The normalized spacial score (nSPS) is 20.2. The van der Waals surface area contributed by atoms with Crippen molar-refractivity contribution < 1.29 is 4.74 Å². The third-order valence-electron chi connectivity index (χ3n) is 3.42. The maximum absolute atomic E-state index is 5.23. The van der Waals surface area contributed by atoms with Gasteiger partial charge >= 0.3 is 0 Å². The Balaban J connectivity index is 2.26. The van der Waals surface area contributed by atoms with E-state index in [0.717, 1.165) is 19.1 Å². The van der Waals surface area contributed by atoms with E-state index in [4.69, 9.17) is 4.74 Å². The summed E-state index contributed by atoms with van der Waals surface area (Å²) in [7, 11) is 3.84. The SMILES string of the molecule is CNCC(C)(C)CN1CCC(COC)CC1. The van der Waals surface area contributed by atoms with Gasteiger partial charge in [0.25, 0.3) is 0 Å². The Morgan fingerprint density at radius 2 is 1.94 bits per heavy atom. The average molecular weight is 228 g/mol. The van der Waals surface area contributed by atoms with E-state index >= 15 is 0 Å². The van der Waals surface area contributed by atoms with E-state index in [1.165, 1.54) is 32.5 Å². The van der Waals surface area contributed by atoms with Gasteiger partial charge in [-0.1, -0.05) is 13.8 Å². The van der Waals surface area contributed by atoms with Gasteiger partial charge < -0.3 is 15.0 Å². The molecule has 1 heterocycles. The lowest BCUT2D eigenvalue weighted by atomic mass is 9.90. The van der Waals surface area contributed by atoms with Crippen molar-refractivity contribution >= 4 is 0 Å². The molecule has 0 aromatic heterocycles. The van der Waals surface area contributed by atoms with Gasteiger partial charge in [0.05, 0.1) is 0 Å². The third kappa shape index (κ3) is 4.81. The van der Waals surface area contributed by atoms with Gasteiger partial charge in [0.1, 0.15) is 0 Å². The number of rotatable bonds is 6. The first-order chi connectivity index (χ1) is 7.57. The Kier molecular flexibility index (Phi) is 5.73. The summed E-state index contributed by atoms with van der Waals surface area (Å²) in [6.07, 6.45) is 2.59. The molecule has 0 unspecified atom stereocenters. The highest BCUT2D eigenvalue weighted by atomic mass is 16.5. The number of hydrogen-bond donors (Lipinski definition) is 1. The molecule has 0 amide bonds. The fraction of sp³-hybridized carbons (Fsp3) is 1.00. The van der Waals surface area contributed by atoms with Crippen LogP contribution in [0.3, 0.4) is 0 Å². The molecule has 1 aliphatic heterocycles. The molecule has 0 aliphatic carbocycles. The molecule has 3 heteroatoms. The fourth-order valence-corrected chi connectivity index (χ4v) is 2.69. The Morgan fingerprint density at radius 3 is 2.44 bits per heavy atom. The largest absolute Gasteiger partial charge is 0.384 e. The van der Waals surface area contributed by atoms with Crippen LogP contribution in [0, 0.1) is 11.3 Å². The van der Waals surface area contributed by atoms with Gasteiger partial charge in [-0.2, -0.15) is 0 Å². The molecule has 1 aliphatic rings. The Hall–Kier alpha value is -0.120. The van der Waals surface area contributed by atoms with E-state index in [1.807, 2.05) is 14.2 Å².